The lowest BCUT2D eigenvalue weighted by molar-refractivity contribution is -0.161. The Balaban J connectivity index is 5.22. The minimum Gasteiger partial charge on any atom is -0.462 e. The van der Waals surface area contributed by atoms with E-state index in [2.05, 4.69) is 34.6 Å². The normalized spacial score (nSPS) is 14.0. The molecular formula is C86H168O17P2. The van der Waals surface area contributed by atoms with Crippen molar-refractivity contribution in [1.82, 2.24) is 0 Å². The Hall–Kier alpha value is -1.94. The minimum absolute atomic E-state index is 0.109. The molecule has 3 unspecified atom stereocenters. The van der Waals surface area contributed by atoms with Crippen molar-refractivity contribution >= 4 is 39.5 Å². The smallest absolute Gasteiger partial charge is 0.462 e. The highest BCUT2D eigenvalue weighted by Gasteiger charge is 2.30. The van der Waals surface area contributed by atoms with Crippen LogP contribution in [0.4, 0.5) is 0 Å². The number of aliphatic hydroxyl groups is 1. The van der Waals surface area contributed by atoms with Crippen LogP contribution >= 0.6 is 15.6 Å². The van der Waals surface area contributed by atoms with Crippen molar-refractivity contribution in [2.45, 2.75) is 483 Å². The Kier molecular flexibility index (Phi) is 77.3. The molecule has 0 aromatic heterocycles. The molecule has 0 rings (SSSR count). The van der Waals surface area contributed by atoms with Gasteiger partial charge in [0.15, 0.2) is 12.2 Å². The Morgan fingerprint density at radius 2 is 0.457 bits per heavy atom. The maximum absolute atomic E-state index is 13.1. The van der Waals surface area contributed by atoms with Crippen LogP contribution in [-0.4, -0.2) is 96.7 Å². The number of hydrogen-bond donors (Lipinski definition) is 3. The summed E-state index contributed by atoms with van der Waals surface area (Å²) in [5, 5.41) is 10.7. The van der Waals surface area contributed by atoms with Crippen molar-refractivity contribution in [1.29, 1.82) is 0 Å². The SMILES string of the molecule is CCCCCCCCCCCCCCCCCCCCCCCCC(=O)O[C@H](COC(=O)CCCCCCCCCCCCCCCCC(C)CC)COP(=O)(O)OC[C@@H](O)COP(=O)(O)OC[C@@H](COC(=O)CCCCCCCCCCCC)OC(=O)CCCCCCCCCCCCCCCCC. The van der Waals surface area contributed by atoms with E-state index in [1.165, 1.54) is 289 Å². The summed E-state index contributed by atoms with van der Waals surface area (Å²) in [6.07, 6.45) is 72.2. The van der Waals surface area contributed by atoms with E-state index in [1.807, 2.05) is 0 Å². The van der Waals surface area contributed by atoms with Crippen molar-refractivity contribution in [2.24, 2.45) is 5.92 Å². The van der Waals surface area contributed by atoms with Crippen molar-refractivity contribution in [2.75, 3.05) is 39.6 Å². The van der Waals surface area contributed by atoms with Crippen LogP contribution in [0.2, 0.25) is 0 Å². The summed E-state index contributed by atoms with van der Waals surface area (Å²) in [6.45, 7) is 7.41. The number of esters is 4. The molecule has 624 valence electrons. The van der Waals surface area contributed by atoms with Crippen molar-refractivity contribution in [3.05, 3.63) is 0 Å². The van der Waals surface area contributed by atoms with E-state index >= 15 is 0 Å². The summed E-state index contributed by atoms with van der Waals surface area (Å²) in [4.78, 5) is 73.2. The maximum Gasteiger partial charge on any atom is 0.472 e. The van der Waals surface area contributed by atoms with Gasteiger partial charge in [-0.1, -0.05) is 413 Å². The first-order valence-corrected chi connectivity index (χ1v) is 47.7. The molecule has 0 aliphatic carbocycles. The van der Waals surface area contributed by atoms with Crippen molar-refractivity contribution in [3.63, 3.8) is 0 Å². The zero-order valence-corrected chi connectivity index (χ0v) is 70.7. The quantitative estimate of drug-likeness (QED) is 0.0222. The highest BCUT2D eigenvalue weighted by molar-refractivity contribution is 7.47. The van der Waals surface area contributed by atoms with E-state index < -0.39 is 97.5 Å². The predicted octanol–water partition coefficient (Wildman–Crippen LogP) is 26.4. The highest BCUT2D eigenvalue weighted by atomic mass is 31.2. The molecule has 0 amide bonds. The molecule has 0 bridgehead atoms. The lowest BCUT2D eigenvalue weighted by Crippen LogP contribution is -2.30. The van der Waals surface area contributed by atoms with Gasteiger partial charge < -0.3 is 33.8 Å². The van der Waals surface area contributed by atoms with E-state index in [0.717, 1.165) is 95.8 Å². The number of phosphoric ester groups is 2. The van der Waals surface area contributed by atoms with Crippen LogP contribution in [0.1, 0.15) is 465 Å². The van der Waals surface area contributed by atoms with Gasteiger partial charge >= 0.3 is 39.5 Å². The summed E-state index contributed by atoms with van der Waals surface area (Å²) < 4.78 is 68.9. The molecule has 0 saturated heterocycles. The van der Waals surface area contributed by atoms with Crippen LogP contribution in [0.25, 0.3) is 0 Å². The maximum atomic E-state index is 13.1. The first-order valence-electron chi connectivity index (χ1n) is 44.7. The Bertz CT molecular complexity index is 2000. The fraction of sp³-hybridized carbons (Fsp3) is 0.953. The summed E-state index contributed by atoms with van der Waals surface area (Å²) in [5.74, 6) is -1.25. The number of carbonyl (C=O) groups excluding carboxylic acids is 4. The number of rotatable bonds is 86. The molecule has 6 atom stereocenters. The molecule has 0 aromatic carbocycles. The third-order valence-corrected chi connectivity index (χ3v) is 22.5. The topological polar surface area (TPSA) is 237 Å². The van der Waals surface area contributed by atoms with E-state index in [1.54, 1.807) is 0 Å². The molecule has 105 heavy (non-hydrogen) atoms. The number of carbonyl (C=O) groups is 4. The van der Waals surface area contributed by atoms with Crippen molar-refractivity contribution in [3.8, 4) is 0 Å². The van der Waals surface area contributed by atoms with Crippen LogP contribution in [-0.2, 0) is 65.4 Å². The number of phosphoric acid groups is 2. The molecule has 0 aliphatic heterocycles. The molecule has 3 N–H and O–H groups in total. The van der Waals surface area contributed by atoms with E-state index in [9.17, 15) is 43.2 Å². The van der Waals surface area contributed by atoms with E-state index in [4.69, 9.17) is 37.0 Å². The Morgan fingerprint density at radius 3 is 0.676 bits per heavy atom. The molecule has 19 heteroatoms. The molecule has 0 spiro atoms. The van der Waals surface area contributed by atoms with Gasteiger partial charge in [0.05, 0.1) is 26.4 Å². The van der Waals surface area contributed by atoms with E-state index in [0.29, 0.717) is 25.7 Å². The first-order chi connectivity index (χ1) is 51.1. The molecule has 17 nitrogen and oxygen atoms in total. The lowest BCUT2D eigenvalue weighted by atomic mass is 9.99. The monoisotopic (exact) mass is 1540 g/mol. The fourth-order valence-corrected chi connectivity index (χ4v) is 15.0. The second-order valence-electron chi connectivity index (χ2n) is 31.2. The molecule has 0 radical (unpaired) electrons. The molecule has 0 heterocycles. The summed E-state index contributed by atoms with van der Waals surface area (Å²) in [7, 11) is -9.92. The van der Waals surface area contributed by atoms with Gasteiger partial charge in [-0.05, 0) is 31.6 Å². The predicted molar refractivity (Wildman–Crippen MR) is 432 cm³/mol. The molecule has 0 fully saturated rings. The largest absolute Gasteiger partial charge is 0.472 e. The zero-order valence-electron chi connectivity index (χ0n) is 68.9. The second-order valence-corrected chi connectivity index (χ2v) is 34.1. The van der Waals surface area contributed by atoms with Crippen LogP contribution < -0.4 is 0 Å². The van der Waals surface area contributed by atoms with Gasteiger partial charge in [-0.3, -0.25) is 37.3 Å². The van der Waals surface area contributed by atoms with Crippen LogP contribution in [0, 0.1) is 5.92 Å². The highest BCUT2D eigenvalue weighted by Crippen LogP contribution is 2.45. The van der Waals surface area contributed by atoms with Gasteiger partial charge in [-0.2, -0.15) is 0 Å². The molecular weight excluding hydrogens is 1370 g/mol. The number of aliphatic hydroxyl groups excluding tert-OH is 1. The Morgan fingerprint density at radius 1 is 0.267 bits per heavy atom. The molecule has 0 aliphatic rings. The van der Waals surface area contributed by atoms with Gasteiger partial charge in [-0.25, -0.2) is 9.13 Å². The van der Waals surface area contributed by atoms with Crippen molar-refractivity contribution < 1.29 is 80.2 Å². The van der Waals surface area contributed by atoms with Gasteiger partial charge in [0, 0.05) is 25.7 Å². The zero-order chi connectivity index (χ0) is 76.9. The minimum atomic E-state index is -4.97. The average molecular weight is 1540 g/mol. The average Bonchev–Trinajstić information content (AvgIpc) is 0.917. The molecule has 0 aromatic rings. The van der Waals surface area contributed by atoms with Gasteiger partial charge in [-0.15, -0.1) is 0 Å². The van der Waals surface area contributed by atoms with Crippen LogP contribution in [0.5, 0.6) is 0 Å². The summed E-state index contributed by atoms with van der Waals surface area (Å²) >= 11 is 0. The number of ether oxygens (including phenoxy) is 4. The van der Waals surface area contributed by atoms with Crippen LogP contribution in [0.3, 0.4) is 0 Å². The van der Waals surface area contributed by atoms with Crippen LogP contribution in [0.15, 0.2) is 0 Å². The first kappa shape index (κ1) is 103. The van der Waals surface area contributed by atoms with E-state index in [-0.39, 0.29) is 25.7 Å². The lowest BCUT2D eigenvalue weighted by Gasteiger charge is -2.21. The third kappa shape index (κ3) is 78.5. The standard InChI is InChI=1S/C86H168O17P2/c1-6-10-13-16-19-22-25-27-29-30-31-32-33-34-35-37-43-47-52-57-62-67-72-86(91)103-82(76-97-84(89)70-65-60-55-50-45-41-39-38-40-44-48-53-58-63-68-79(5)9-4)78-101-105(94,95)99-74-80(87)73-98-104(92,93)100-77-81(75-96-83(88)69-64-59-54-49-24-21-18-15-12-8-3)102-85(90)71-66-61-56-51-46-42-36-28-26-23-20-17-14-11-7-2/h79-82,87H,6-78H2,1-5H3,(H,92,93)(H,94,95)/t79?,80-,81+,82+/m0/s1. The summed E-state index contributed by atoms with van der Waals surface area (Å²) in [6, 6.07) is 0. The van der Waals surface area contributed by atoms with Gasteiger partial charge in [0.25, 0.3) is 0 Å². The number of unbranched alkanes of at least 4 members (excludes halogenated alkanes) is 57. The second kappa shape index (κ2) is 78.7. The summed E-state index contributed by atoms with van der Waals surface area (Å²) in [5.41, 5.74) is 0. The van der Waals surface area contributed by atoms with Gasteiger partial charge in [0.1, 0.15) is 19.3 Å². The van der Waals surface area contributed by atoms with Gasteiger partial charge in [0.2, 0.25) is 0 Å². The number of hydrogen-bond acceptors (Lipinski definition) is 15. The fourth-order valence-electron chi connectivity index (χ4n) is 13.4. The Labute approximate surface area is 645 Å². The third-order valence-electron chi connectivity index (χ3n) is 20.6. The molecule has 0 saturated carbocycles.